The molecule has 0 aliphatic carbocycles. The second kappa shape index (κ2) is 9.18. The minimum absolute atomic E-state index is 0.0829. The Hall–Kier alpha value is -3.38. The Kier molecular flexibility index (Phi) is 6.18. The van der Waals surface area contributed by atoms with Crippen LogP contribution in [0.3, 0.4) is 0 Å². The first-order valence-electron chi connectivity index (χ1n) is 10.7. The zero-order valence-electron chi connectivity index (χ0n) is 17.7. The van der Waals surface area contributed by atoms with Gasteiger partial charge < -0.3 is 15.1 Å². The van der Waals surface area contributed by atoms with Crippen LogP contribution in [-0.2, 0) is 6.54 Å². The molecule has 3 aromatic rings. The lowest BCUT2D eigenvalue weighted by Gasteiger charge is -2.24. The molecule has 1 saturated heterocycles. The molecule has 1 fully saturated rings. The van der Waals surface area contributed by atoms with E-state index in [0.29, 0.717) is 11.5 Å². The molecule has 0 bridgehead atoms. The van der Waals surface area contributed by atoms with E-state index < -0.39 is 5.91 Å². The van der Waals surface area contributed by atoms with Crippen molar-refractivity contribution in [3.63, 3.8) is 0 Å². The maximum Gasteiger partial charge on any atom is 0.275 e. The molecule has 4 N–H and O–H groups in total. The quantitative estimate of drug-likeness (QED) is 0.380. The Morgan fingerprint density at radius 1 is 0.968 bits per heavy atom. The lowest BCUT2D eigenvalue weighted by atomic mass is 10.0. The van der Waals surface area contributed by atoms with Crippen LogP contribution in [0.5, 0.6) is 11.5 Å². The molecule has 31 heavy (non-hydrogen) atoms. The summed E-state index contributed by atoms with van der Waals surface area (Å²) in [5.74, 6) is -0.264. The highest BCUT2D eigenvalue weighted by molar-refractivity contribution is 6.03. The second-order valence-electron chi connectivity index (χ2n) is 8.19. The normalized spacial score (nSPS) is 15.2. The van der Waals surface area contributed by atoms with Crippen molar-refractivity contribution in [3.05, 3.63) is 71.3 Å². The largest absolute Gasteiger partial charge is 0.507 e. The number of hydrogen-bond donors (Lipinski definition) is 4. The third-order valence-electron chi connectivity index (χ3n) is 5.93. The fraction of sp³-hybridized carbons (Fsp3) is 0.280. The Balaban J connectivity index is 1.50. The smallest absolute Gasteiger partial charge is 0.275 e. The highest BCUT2D eigenvalue weighted by Crippen LogP contribution is 2.25. The van der Waals surface area contributed by atoms with Gasteiger partial charge in [-0.2, -0.15) is 5.10 Å². The van der Waals surface area contributed by atoms with E-state index in [1.807, 2.05) is 37.3 Å². The molecule has 160 valence electrons. The molecule has 0 saturated carbocycles. The van der Waals surface area contributed by atoms with Crippen LogP contribution in [0.15, 0.2) is 59.7 Å². The van der Waals surface area contributed by atoms with Crippen molar-refractivity contribution < 1.29 is 19.9 Å². The number of piperidine rings is 1. The number of phenolic OH excluding ortho intramolecular Hbond substituents is 2. The molecule has 1 aliphatic rings. The van der Waals surface area contributed by atoms with Gasteiger partial charge in [0.1, 0.15) is 18.0 Å². The highest BCUT2D eigenvalue weighted by atomic mass is 16.3. The second-order valence-corrected chi connectivity index (χ2v) is 8.19. The Morgan fingerprint density at radius 3 is 2.42 bits per heavy atom. The summed E-state index contributed by atoms with van der Waals surface area (Å²) < 4.78 is 0. The number of quaternary nitrogens is 1. The van der Waals surface area contributed by atoms with Crippen molar-refractivity contribution in [1.29, 1.82) is 0 Å². The number of likely N-dealkylation sites (tertiary alicyclic amines) is 1. The topological polar surface area (TPSA) is 86.4 Å². The van der Waals surface area contributed by atoms with E-state index in [1.54, 1.807) is 24.3 Å². The molecular weight excluding hydrogens is 390 g/mol. The van der Waals surface area contributed by atoms with Crippen molar-refractivity contribution >= 4 is 22.4 Å². The van der Waals surface area contributed by atoms with Gasteiger partial charge in [0, 0.05) is 5.56 Å². The molecule has 0 radical (unpaired) electrons. The number of carbonyl (C=O) groups is 1. The predicted molar refractivity (Wildman–Crippen MR) is 122 cm³/mol. The van der Waals surface area contributed by atoms with Crippen molar-refractivity contribution in [2.24, 2.45) is 5.10 Å². The van der Waals surface area contributed by atoms with E-state index in [4.69, 9.17) is 0 Å². The molecule has 6 nitrogen and oxygen atoms in total. The van der Waals surface area contributed by atoms with Crippen molar-refractivity contribution in [2.75, 3.05) is 13.1 Å². The molecule has 0 spiro atoms. The zero-order valence-corrected chi connectivity index (χ0v) is 17.7. The van der Waals surface area contributed by atoms with E-state index in [2.05, 4.69) is 10.5 Å². The highest BCUT2D eigenvalue weighted by Gasteiger charge is 2.17. The summed E-state index contributed by atoms with van der Waals surface area (Å²) in [6.45, 7) is 4.85. The van der Waals surface area contributed by atoms with Crippen LogP contribution < -0.4 is 10.3 Å². The molecule has 1 amide bonds. The molecule has 1 aliphatic heterocycles. The molecule has 6 heteroatoms. The number of hydrazone groups is 1. The fourth-order valence-corrected chi connectivity index (χ4v) is 4.12. The minimum Gasteiger partial charge on any atom is -0.507 e. The van der Waals surface area contributed by atoms with Gasteiger partial charge in [0.2, 0.25) is 0 Å². The van der Waals surface area contributed by atoms with Gasteiger partial charge in [-0.1, -0.05) is 24.3 Å². The van der Waals surface area contributed by atoms with Gasteiger partial charge in [0.15, 0.2) is 0 Å². The summed E-state index contributed by atoms with van der Waals surface area (Å²) in [7, 11) is 0. The molecule has 1 heterocycles. The predicted octanol–water partition coefficient (Wildman–Crippen LogP) is 2.97. The number of fused-ring (bicyclic) bond motifs is 1. The Bertz CT molecular complexity index is 1130. The van der Waals surface area contributed by atoms with Crippen LogP contribution in [0.25, 0.3) is 10.8 Å². The molecular formula is C25H28N3O3+. The number of benzene rings is 3. The minimum atomic E-state index is -0.473. The lowest BCUT2D eigenvalue weighted by Crippen LogP contribution is -3.11. The number of rotatable bonds is 5. The number of amides is 1. The number of hydrogen-bond acceptors (Lipinski definition) is 4. The number of phenols is 2. The third-order valence-corrected chi connectivity index (χ3v) is 5.93. The van der Waals surface area contributed by atoms with Gasteiger partial charge in [-0.05, 0) is 72.9 Å². The van der Waals surface area contributed by atoms with E-state index >= 15 is 0 Å². The van der Waals surface area contributed by atoms with Crippen LogP contribution in [0, 0.1) is 0 Å². The molecule has 0 aromatic heterocycles. The van der Waals surface area contributed by atoms with Gasteiger partial charge in [-0.3, -0.25) is 4.79 Å². The van der Waals surface area contributed by atoms with Crippen LogP contribution in [-0.4, -0.2) is 34.9 Å². The van der Waals surface area contributed by atoms with Gasteiger partial charge in [-0.15, -0.1) is 0 Å². The van der Waals surface area contributed by atoms with E-state index in [-0.39, 0.29) is 11.3 Å². The van der Waals surface area contributed by atoms with Crippen molar-refractivity contribution in [3.8, 4) is 11.5 Å². The first kappa shape index (κ1) is 20.9. The zero-order chi connectivity index (χ0) is 21.8. The number of nitrogens with one attached hydrogen (secondary N) is 2. The summed E-state index contributed by atoms with van der Waals surface area (Å²) in [4.78, 5) is 14.1. The third kappa shape index (κ3) is 4.86. The summed E-state index contributed by atoms with van der Waals surface area (Å²) >= 11 is 0. The standard InChI is InChI=1S/C25H27N3O3/c1-17(18-9-10-23(29)21(13-18)16-28-11-5-2-6-12-28)26-27-25(31)22-14-19-7-3-4-8-20(19)15-24(22)30/h3-4,7-10,13-15,29-30H,2,5-6,11-12,16H2,1H3,(H,27,31)/p+1/b26-17+. The fourth-order valence-electron chi connectivity index (χ4n) is 4.12. The SMILES string of the molecule is C/C(=N\NC(=O)c1cc2ccccc2cc1O)c1ccc(O)c(C[NH+]2CCCCC2)c1. The first-order valence-corrected chi connectivity index (χ1v) is 10.7. The van der Waals surface area contributed by atoms with Gasteiger partial charge in [0.05, 0.1) is 24.4 Å². The van der Waals surface area contributed by atoms with E-state index in [0.717, 1.165) is 41.5 Å². The maximum absolute atomic E-state index is 12.6. The maximum atomic E-state index is 12.6. The first-order chi connectivity index (χ1) is 15.0. The van der Waals surface area contributed by atoms with Crippen LogP contribution in [0.1, 0.15) is 47.7 Å². The van der Waals surface area contributed by atoms with Gasteiger partial charge in [0.25, 0.3) is 5.91 Å². The molecule has 3 aromatic carbocycles. The summed E-state index contributed by atoms with van der Waals surface area (Å²) in [6, 6.07) is 16.2. The Morgan fingerprint density at radius 2 is 1.68 bits per heavy atom. The van der Waals surface area contributed by atoms with Crippen molar-refractivity contribution in [1.82, 2.24) is 5.43 Å². The average molecular weight is 419 g/mol. The van der Waals surface area contributed by atoms with Gasteiger partial charge in [-0.25, -0.2) is 5.43 Å². The monoisotopic (exact) mass is 418 g/mol. The van der Waals surface area contributed by atoms with Crippen LogP contribution >= 0.6 is 0 Å². The molecule has 0 unspecified atom stereocenters. The lowest BCUT2D eigenvalue weighted by molar-refractivity contribution is -0.918. The van der Waals surface area contributed by atoms with Crippen LogP contribution in [0.2, 0.25) is 0 Å². The van der Waals surface area contributed by atoms with Crippen LogP contribution in [0.4, 0.5) is 0 Å². The number of nitrogens with zero attached hydrogens (tertiary/aromatic N) is 1. The summed E-state index contributed by atoms with van der Waals surface area (Å²) in [5, 5.41) is 26.5. The summed E-state index contributed by atoms with van der Waals surface area (Å²) in [6.07, 6.45) is 3.74. The Labute approximate surface area is 181 Å². The van der Waals surface area contributed by atoms with E-state index in [9.17, 15) is 15.0 Å². The molecule has 0 atom stereocenters. The molecule has 4 rings (SSSR count). The van der Waals surface area contributed by atoms with E-state index in [1.165, 1.54) is 24.2 Å². The number of carbonyl (C=O) groups excluding carboxylic acids is 1. The number of aromatic hydroxyl groups is 2. The van der Waals surface area contributed by atoms with Crippen molar-refractivity contribution in [2.45, 2.75) is 32.7 Å². The van der Waals surface area contributed by atoms with Gasteiger partial charge >= 0.3 is 0 Å². The summed E-state index contributed by atoms with van der Waals surface area (Å²) in [5.41, 5.74) is 5.08. The average Bonchev–Trinajstić information content (AvgIpc) is 2.79.